The van der Waals surface area contributed by atoms with Crippen LogP contribution in [0.2, 0.25) is 0 Å². The smallest absolute Gasteiger partial charge is 0.0900 e. The van der Waals surface area contributed by atoms with Gasteiger partial charge in [-0.2, -0.15) is 0 Å². The number of β-amino-alcohol motifs (C(OH)–C–C–N with tert-alkyl or cyclic N) is 1. The Kier molecular flexibility index (Phi) is 2.44. The van der Waals surface area contributed by atoms with Crippen molar-refractivity contribution in [3.8, 4) is 0 Å². The van der Waals surface area contributed by atoms with Crippen LogP contribution in [0.15, 0.2) is 12.3 Å². The van der Waals surface area contributed by atoms with Crippen LogP contribution in [-0.4, -0.2) is 29.3 Å². The highest BCUT2D eigenvalue weighted by molar-refractivity contribution is 7.12. The number of nitrogens with one attached hydrogen (secondary N) is 1. The number of aromatic nitrogens is 1. The maximum atomic E-state index is 9.39. The lowest BCUT2D eigenvalue weighted by atomic mass is 10.1. The number of hydrogen-bond donors (Lipinski definition) is 2. The molecular formula is C9H12N2OS. The summed E-state index contributed by atoms with van der Waals surface area (Å²) in [7, 11) is 0. The molecule has 2 rings (SSSR count). The van der Waals surface area contributed by atoms with E-state index in [1.165, 1.54) is 0 Å². The highest BCUT2D eigenvalue weighted by Crippen LogP contribution is 2.22. The number of nitrogens with zero attached hydrogens (tertiary/aromatic N) is 1. The molecule has 1 unspecified atom stereocenters. The Hall–Kier alpha value is -0.710. The van der Waals surface area contributed by atoms with Crippen LogP contribution in [0.5, 0.6) is 0 Å². The molecule has 0 spiro atoms. The van der Waals surface area contributed by atoms with E-state index in [4.69, 9.17) is 0 Å². The van der Waals surface area contributed by atoms with Gasteiger partial charge >= 0.3 is 0 Å². The lowest BCUT2D eigenvalue weighted by Crippen LogP contribution is -2.31. The van der Waals surface area contributed by atoms with Gasteiger partial charge in [-0.3, -0.25) is 0 Å². The van der Waals surface area contributed by atoms with E-state index in [0.29, 0.717) is 6.54 Å². The molecule has 0 radical (unpaired) electrons. The van der Waals surface area contributed by atoms with Gasteiger partial charge in [-0.1, -0.05) is 0 Å². The van der Waals surface area contributed by atoms with Gasteiger partial charge in [0.2, 0.25) is 0 Å². The Labute approximate surface area is 81.1 Å². The Bertz CT molecular complexity index is 332. The van der Waals surface area contributed by atoms with Crippen molar-refractivity contribution >= 4 is 16.9 Å². The molecule has 4 heteroatoms. The van der Waals surface area contributed by atoms with E-state index in [2.05, 4.69) is 10.3 Å². The molecule has 1 aromatic heterocycles. The zero-order valence-corrected chi connectivity index (χ0v) is 8.27. The van der Waals surface area contributed by atoms with Gasteiger partial charge in [0.25, 0.3) is 0 Å². The number of rotatable bonds is 1. The van der Waals surface area contributed by atoms with Crippen molar-refractivity contribution in [3.63, 3.8) is 0 Å². The molecule has 1 aliphatic rings. The van der Waals surface area contributed by atoms with E-state index in [0.717, 1.165) is 22.0 Å². The van der Waals surface area contributed by atoms with Gasteiger partial charge in [0.15, 0.2) is 0 Å². The number of thiazole rings is 1. The molecule has 0 bridgehead atoms. The summed E-state index contributed by atoms with van der Waals surface area (Å²) in [6.45, 7) is 3.47. The van der Waals surface area contributed by atoms with Gasteiger partial charge in [0.05, 0.1) is 16.0 Å². The summed E-state index contributed by atoms with van der Waals surface area (Å²) in [6, 6.07) is 0. The summed E-state index contributed by atoms with van der Waals surface area (Å²) in [5, 5.41) is 13.6. The number of aryl methyl sites for hydroxylation is 1. The zero-order chi connectivity index (χ0) is 9.26. The average Bonchev–Trinajstić information content (AvgIpc) is 2.52. The van der Waals surface area contributed by atoms with Crippen LogP contribution in [0.1, 0.15) is 9.88 Å². The van der Waals surface area contributed by atoms with Crippen molar-refractivity contribution in [3.05, 3.63) is 22.2 Å². The van der Waals surface area contributed by atoms with E-state index in [1.807, 2.05) is 19.2 Å². The summed E-state index contributed by atoms with van der Waals surface area (Å²) in [6.07, 6.45) is 3.42. The van der Waals surface area contributed by atoms with Crippen molar-refractivity contribution in [2.24, 2.45) is 0 Å². The largest absolute Gasteiger partial charge is 0.388 e. The quantitative estimate of drug-likeness (QED) is 0.698. The van der Waals surface area contributed by atoms with E-state index >= 15 is 0 Å². The molecule has 1 atom stereocenters. The Morgan fingerprint density at radius 2 is 2.54 bits per heavy atom. The Morgan fingerprint density at radius 1 is 1.69 bits per heavy atom. The van der Waals surface area contributed by atoms with Crippen LogP contribution in [0.3, 0.4) is 0 Å². The number of aliphatic hydroxyl groups excluding tert-OH is 1. The summed E-state index contributed by atoms with van der Waals surface area (Å²) in [5.74, 6) is 0. The third-order valence-electron chi connectivity index (χ3n) is 2.00. The molecule has 0 aliphatic carbocycles. The second kappa shape index (κ2) is 3.57. The molecule has 70 valence electrons. The summed E-state index contributed by atoms with van der Waals surface area (Å²) in [5.41, 5.74) is 1.16. The highest BCUT2D eigenvalue weighted by Gasteiger charge is 2.12. The van der Waals surface area contributed by atoms with Crippen LogP contribution in [0.4, 0.5) is 0 Å². The number of hydrogen-bond acceptors (Lipinski definition) is 4. The van der Waals surface area contributed by atoms with Crippen LogP contribution < -0.4 is 5.32 Å². The van der Waals surface area contributed by atoms with Gasteiger partial charge in [0, 0.05) is 19.3 Å². The molecule has 1 aromatic rings. The first-order valence-electron chi connectivity index (χ1n) is 4.28. The maximum Gasteiger partial charge on any atom is 0.0900 e. The molecule has 0 saturated heterocycles. The zero-order valence-electron chi connectivity index (χ0n) is 7.45. The lowest BCUT2D eigenvalue weighted by molar-refractivity contribution is 0.217. The average molecular weight is 196 g/mol. The van der Waals surface area contributed by atoms with E-state index in [-0.39, 0.29) is 6.10 Å². The molecule has 0 aromatic carbocycles. The standard InChI is InChI=1S/C9H12N2OS/c1-6-11-5-9(13-6)7-2-8(12)4-10-3-7/h2,5,8,10,12H,3-4H2,1H3. The molecule has 1 aliphatic heterocycles. The molecule has 2 N–H and O–H groups in total. The fraction of sp³-hybridized carbons (Fsp3) is 0.444. The van der Waals surface area contributed by atoms with Crippen LogP contribution >= 0.6 is 11.3 Å². The van der Waals surface area contributed by atoms with E-state index in [1.54, 1.807) is 11.3 Å². The predicted molar refractivity (Wildman–Crippen MR) is 53.7 cm³/mol. The van der Waals surface area contributed by atoms with Crippen molar-refractivity contribution in [2.45, 2.75) is 13.0 Å². The monoisotopic (exact) mass is 196 g/mol. The lowest BCUT2D eigenvalue weighted by Gasteiger charge is -2.16. The first kappa shape index (κ1) is 8.87. The minimum absolute atomic E-state index is 0.355. The molecule has 13 heavy (non-hydrogen) atoms. The van der Waals surface area contributed by atoms with Crippen LogP contribution in [0.25, 0.3) is 5.57 Å². The van der Waals surface area contributed by atoms with E-state index in [9.17, 15) is 5.11 Å². The third kappa shape index (κ3) is 1.96. The predicted octanol–water partition coefficient (Wildman–Crippen LogP) is 0.799. The molecule has 0 fully saturated rings. The van der Waals surface area contributed by atoms with Gasteiger partial charge in [-0.15, -0.1) is 11.3 Å². The fourth-order valence-electron chi connectivity index (χ4n) is 1.38. The fourth-order valence-corrected chi connectivity index (χ4v) is 2.18. The summed E-state index contributed by atoms with van der Waals surface area (Å²) >= 11 is 1.67. The van der Waals surface area contributed by atoms with Crippen molar-refractivity contribution in [1.29, 1.82) is 0 Å². The highest BCUT2D eigenvalue weighted by atomic mass is 32.1. The molecular weight excluding hydrogens is 184 g/mol. The van der Waals surface area contributed by atoms with Crippen molar-refractivity contribution in [2.75, 3.05) is 13.1 Å². The Morgan fingerprint density at radius 3 is 3.15 bits per heavy atom. The Balaban J connectivity index is 2.25. The molecule has 3 nitrogen and oxygen atoms in total. The van der Waals surface area contributed by atoms with Crippen LogP contribution in [0, 0.1) is 6.92 Å². The molecule has 0 amide bonds. The van der Waals surface area contributed by atoms with Gasteiger partial charge in [0.1, 0.15) is 0 Å². The maximum absolute atomic E-state index is 9.39. The summed E-state index contributed by atoms with van der Waals surface area (Å²) in [4.78, 5) is 5.34. The normalized spacial score (nSPS) is 22.9. The van der Waals surface area contributed by atoms with Gasteiger partial charge < -0.3 is 10.4 Å². The minimum atomic E-state index is -0.355. The second-order valence-corrected chi connectivity index (χ2v) is 4.37. The first-order chi connectivity index (χ1) is 6.25. The van der Waals surface area contributed by atoms with E-state index < -0.39 is 0 Å². The topological polar surface area (TPSA) is 45.2 Å². The van der Waals surface area contributed by atoms with Gasteiger partial charge in [-0.05, 0) is 18.6 Å². The van der Waals surface area contributed by atoms with Crippen molar-refractivity contribution < 1.29 is 5.11 Å². The SMILES string of the molecule is Cc1ncc(C2=CC(O)CNC2)s1. The second-order valence-electron chi connectivity index (χ2n) is 3.13. The summed E-state index contributed by atoms with van der Waals surface area (Å²) < 4.78 is 0. The minimum Gasteiger partial charge on any atom is -0.388 e. The molecule has 0 saturated carbocycles. The first-order valence-corrected chi connectivity index (χ1v) is 5.09. The van der Waals surface area contributed by atoms with Crippen molar-refractivity contribution in [1.82, 2.24) is 10.3 Å². The number of aliphatic hydroxyl groups is 1. The third-order valence-corrected chi connectivity index (χ3v) is 2.99. The van der Waals surface area contributed by atoms with Gasteiger partial charge in [-0.25, -0.2) is 4.98 Å². The molecule has 2 heterocycles. The van der Waals surface area contributed by atoms with Crippen LogP contribution in [-0.2, 0) is 0 Å².